The SMILES string of the molecule is CS(=O)(=O)c1cc(Br)c(NCc2cnc(Cl)s2)c(Br)c1. The first-order valence-electron chi connectivity index (χ1n) is 5.30. The molecule has 0 bridgehead atoms. The maximum atomic E-state index is 11.5. The molecule has 0 aliphatic carbocycles. The van der Waals surface area contributed by atoms with Crippen LogP contribution in [0, 0.1) is 0 Å². The molecule has 1 aromatic heterocycles. The van der Waals surface area contributed by atoms with Crippen molar-refractivity contribution in [1.82, 2.24) is 4.98 Å². The first-order chi connectivity index (χ1) is 9.27. The van der Waals surface area contributed by atoms with Crippen molar-refractivity contribution in [2.75, 3.05) is 11.6 Å². The molecule has 0 fully saturated rings. The molecule has 0 amide bonds. The number of sulfone groups is 1. The zero-order chi connectivity index (χ0) is 14.9. The highest BCUT2D eigenvalue weighted by atomic mass is 79.9. The van der Waals surface area contributed by atoms with E-state index >= 15 is 0 Å². The van der Waals surface area contributed by atoms with Gasteiger partial charge in [-0.1, -0.05) is 11.6 Å². The number of nitrogens with one attached hydrogen (secondary N) is 1. The van der Waals surface area contributed by atoms with Crippen molar-refractivity contribution < 1.29 is 8.42 Å². The third kappa shape index (κ3) is 3.94. The number of anilines is 1. The van der Waals surface area contributed by atoms with Crippen molar-refractivity contribution >= 4 is 70.3 Å². The number of hydrogen-bond donors (Lipinski definition) is 1. The highest BCUT2D eigenvalue weighted by Gasteiger charge is 2.14. The average molecular weight is 461 g/mol. The van der Waals surface area contributed by atoms with Crippen molar-refractivity contribution in [1.29, 1.82) is 0 Å². The first-order valence-corrected chi connectivity index (χ1v) is 9.98. The van der Waals surface area contributed by atoms with Crippen molar-refractivity contribution in [2.45, 2.75) is 11.4 Å². The van der Waals surface area contributed by atoms with E-state index in [2.05, 4.69) is 42.2 Å². The van der Waals surface area contributed by atoms with Crippen molar-refractivity contribution in [3.05, 3.63) is 36.6 Å². The average Bonchev–Trinajstić information content (AvgIpc) is 2.72. The van der Waals surface area contributed by atoms with Crippen LogP contribution in [-0.4, -0.2) is 19.7 Å². The minimum atomic E-state index is -3.24. The fourth-order valence-corrected chi connectivity index (χ4v) is 4.83. The smallest absolute Gasteiger partial charge is 0.183 e. The summed E-state index contributed by atoms with van der Waals surface area (Å²) in [4.78, 5) is 5.20. The number of hydrogen-bond acceptors (Lipinski definition) is 5. The van der Waals surface area contributed by atoms with Crippen LogP contribution in [0.2, 0.25) is 4.47 Å². The molecule has 9 heteroatoms. The molecule has 4 nitrogen and oxygen atoms in total. The lowest BCUT2D eigenvalue weighted by molar-refractivity contribution is 0.602. The summed E-state index contributed by atoms with van der Waals surface area (Å²) < 4.78 is 24.9. The molecule has 2 rings (SSSR count). The Morgan fingerprint density at radius 3 is 2.40 bits per heavy atom. The Balaban J connectivity index is 2.25. The lowest BCUT2D eigenvalue weighted by Crippen LogP contribution is -2.02. The molecule has 1 N–H and O–H groups in total. The van der Waals surface area contributed by atoms with E-state index in [1.54, 1.807) is 18.3 Å². The van der Waals surface area contributed by atoms with Crippen LogP contribution in [-0.2, 0) is 16.4 Å². The molecular formula is C11H9Br2ClN2O2S2. The molecule has 0 spiro atoms. The molecule has 1 heterocycles. The van der Waals surface area contributed by atoms with Gasteiger partial charge in [0.2, 0.25) is 0 Å². The Labute approximate surface area is 142 Å². The van der Waals surface area contributed by atoms with Crippen molar-refractivity contribution in [3.63, 3.8) is 0 Å². The van der Waals surface area contributed by atoms with Crippen molar-refractivity contribution in [2.24, 2.45) is 0 Å². The second-order valence-corrected chi connectivity index (χ2v) is 9.39. The fraction of sp³-hybridized carbons (Fsp3) is 0.182. The van der Waals surface area contributed by atoms with Gasteiger partial charge in [0.05, 0.1) is 17.1 Å². The summed E-state index contributed by atoms with van der Waals surface area (Å²) in [5.41, 5.74) is 0.780. The lowest BCUT2D eigenvalue weighted by atomic mass is 10.3. The van der Waals surface area contributed by atoms with Crippen LogP contribution in [0.15, 0.2) is 32.2 Å². The maximum absolute atomic E-state index is 11.5. The fourth-order valence-electron chi connectivity index (χ4n) is 1.47. The maximum Gasteiger partial charge on any atom is 0.183 e. The zero-order valence-electron chi connectivity index (χ0n) is 10.2. The Morgan fingerprint density at radius 1 is 1.35 bits per heavy atom. The first kappa shape index (κ1) is 16.2. The second-order valence-electron chi connectivity index (χ2n) is 3.97. The van der Waals surface area contributed by atoms with Gasteiger partial charge in [-0.15, -0.1) is 11.3 Å². The zero-order valence-corrected chi connectivity index (χ0v) is 15.7. The standard InChI is InChI=1S/C11H9Br2ClN2O2S2/c1-20(17,18)7-2-8(12)10(9(13)3-7)15-4-6-5-16-11(14)19-6/h2-3,5,15H,4H2,1H3. The summed E-state index contributed by atoms with van der Waals surface area (Å²) in [6.07, 6.45) is 2.88. The highest BCUT2D eigenvalue weighted by molar-refractivity contribution is 9.11. The minimum absolute atomic E-state index is 0.252. The Bertz CT molecular complexity index is 724. The molecule has 0 saturated carbocycles. The van der Waals surface area contributed by atoms with Crippen LogP contribution >= 0.6 is 54.8 Å². The van der Waals surface area contributed by atoms with Crippen molar-refractivity contribution in [3.8, 4) is 0 Å². The van der Waals surface area contributed by atoms with Gasteiger partial charge in [0, 0.05) is 26.3 Å². The van der Waals surface area contributed by atoms with E-state index in [0.29, 0.717) is 20.0 Å². The summed E-state index contributed by atoms with van der Waals surface area (Å²) >= 11 is 13.9. The molecular weight excluding hydrogens is 452 g/mol. The number of nitrogens with zero attached hydrogens (tertiary/aromatic N) is 1. The summed E-state index contributed by atoms with van der Waals surface area (Å²) in [5, 5.41) is 3.21. The number of halogens is 3. The molecule has 1 aromatic carbocycles. The van der Waals surface area contributed by atoms with Gasteiger partial charge in [-0.2, -0.15) is 0 Å². The summed E-state index contributed by atoms with van der Waals surface area (Å²) in [7, 11) is -3.24. The van der Waals surface area contributed by atoms with Gasteiger partial charge in [-0.3, -0.25) is 0 Å². The molecule has 0 saturated heterocycles. The predicted molar refractivity (Wildman–Crippen MR) is 89.4 cm³/mol. The van der Waals surface area contributed by atoms with Crippen LogP contribution in [0.5, 0.6) is 0 Å². The van der Waals surface area contributed by atoms with E-state index in [1.165, 1.54) is 17.6 Å². The van der Waals surface area contributed by atoms with Gasteiger partial charge in [-0.25, -0.2) is 13.4 Å². The second kappa shape index (κ2) is 6.31. The lowest BCUT2D eigenvalue weighted by Gasteiger charge is -2.11. The van der Waals surface area contributed by atoms with Crippen LogP contribution in [0.1, 0.15) is 4.88 Å². The predicted octanol–water partition coefficient (Wildman–Crippen LogP) is 4.34. The van der Waals surface area contributed by atoms with Gasteiger partial charge in [-0.05, 0) is 44.0 Å². The van der Waals surface area contributed by atoms with Gasteiger partial charge in [0.15, 0.2) is 14.3 Å². The van der Waals surface area contributed by atoms with E-state index in [-0.39, 0.29) is 4.90 Å². The minimum Gasteiger partial charge on any atom is -0.378 e. The number of rotatable bonds is 4. The topological polar surface area (TPSA) is 59.1 Å². The molecule has 0 atom stereocenters. The Hall–Kier alpha value is -0.150. The molecule has 0 radical (unpaired) electrons. The van der Waals surface area contributed by atoms with Crippen LogP contribution in [0.3, 0.4) is 0 Å². The molecule has 0 unspecified atom stereocenters. The van der Waals surface area contributed by atoms with Gasteiger partial charge >= 0.3 is 0 Å². The van der Waals surface area contributed by atoms with Gasteiger partial charge < -0.3 is 5.32 Å². The van der Waals surface area contributed by atoms with E-state index in [4.69, 9.17) is 11.6 Å². The quantitative estimate of drug-likeness (QED) is 0.738. The number of benzene rings is 1. The van der Waals surface area contributed by atoms with Gasteiger partial charge in [0.25, 0.3) is 0 Å². The van der Waals surface area contributed by atoms with Crippen LogP contribution < -0.4 is 5.32 Å². The Kier molecular flexibility index (Phi) is 5.12. The molecule has 0 aliphatic heterocycles. The third-order valence-electron chi connectivity index (χ3n) is 2.41. The molecule has 20 heavy (non-hydrogen) atoms. The van der Waals surface area contributed by atoms with Crippen LogP contribution in [0.4, 0.5) is 5.69 Å². The number of thiazole rings is 1. The van der Waals surface area contributed by atoms with E-state index < -0.39 is 9.84 Å². The molecule has 108 valence electrons. The van der Waals surface area contributed by atoms with E-state index in [9.17, 15) is 8.42 Å². The summed E-state index contributed by atoms with van der Waals surface area (Å²) in [5.74, 6) is 0. The molecule has 0 aliphatic rings. The Morgan fingerprint density at radius 2 is 1.95 bits per heavy atom. The van der Waals surface area contributed by atoms with Gasteiger partial charge in [0.1, 0.15) is 0 Å². The van der Waals surface area contributed by atoms with E-state index in [1.807, 2.05) is 0 Å². The molecule has 2 aromatic rings. The third-order valence-corrected chi connectivity index (χ3v) is 5.87. The van der Waals surface area contributed by atoms with Crippen LogP contribution in [0.25, 0.3) is 0 Å². The summed E-state index contributed by atoms with van der Waals surface area (Å²) in [6.45, 7) is 0.555. The monoisotopic (exact) mass is 458 g/mol. The largest absolute Gasteiger partial charge is 0.378 e. The summed E-state index contributed by atoms with van der Waals surface area (Å²) in [6, 6.07) is 3.14. The number of aromatic nitrogens is 1. The normalized spacial score (nSPS) is 11.6. The van der Waals surface area contributed by atoms with E-state index in [0.717, 1.165) is 10.6 Å². The highest BCUT2D eigenvalue weighted by Crippen LogP contribution is 2.34.